The van der Waals surface area contributed by atoms with Gasteiger partial charge in [-0.15, -0.1) is 0 Å². The number of ketones is 1. The zero-order chi connectivity index (χ0) is 16.2. The SMILES string of the molecule is CC(=O)COCCCOCC#Cc1ccc([C@H](C)NI)cc1. The van der Waals surface area contributed by atoms with Gasteiger partial charge in [-0.25, -0.2) is 0 Å². The summed E-state index contributed by atoms with van der Waals surface area (Å²) in [6.45, 7) is 5.34. The van der Waals surface area contributed by atoms with Crippen molar-refractivity contribution >= 4 is 28.6 Å². The summed E-state index contributed by atoms with van der Waals surface area (Å²) >= 11 is 2.15. The fourth-order valence-corrected chi connectivity index (χ4v) is 2.02. The van der Waals surface area contributed by atoms with Crippen LogP contribution in [0.25, 0.3) is 0 Å². The number of nitrogens with one attached hydrogen (secondary N) is 1. The van der Waals surface area contributed by atoms with Gasteiger partial charge in [0, 0.05) is 41.1 Å². The van der Waals surface area contributed by atoms with E-state index in [0.29, 0.717) is 25.9 Å². The van der Waals surface area contributed by atoms with E-state index >= 15 is 0 Å². The first-order valence-corrected chi connectivity index (χ1v) is 8.31. The van der Waals surface area contributed by atoms with Crippen LogP contribution in [0.5, 0.6) is 0 Å². The molecule has 120 valence electrons. The van der Waals surface area contributed by atoms with Gasteiger partial charge in [0.15, 0.2) is 5.78 Å². The Hall–Kier alpha value is -0.940. The van der Waals surface area contributed by atoms with E-state index in [4.69, 9.17) is 9.47 Å². The Balaban J connectivity index is 2.18. The molecule has 0 amide bonds. The van der Waals surface area contributed by atoms with Crippen LogP contribution in [0.3, 0.4) is 0 Å². The van der Waals surface area contributed by atoms with Gasteiger partial charge in [-0.05, 0) is 38.0 Å². The van der Waals surface area contributed by atoms with Gasteiger partial charge in [0.25, 0.3) is 0 Å². The number of carbonyl (C=O) groups is 1. The van der Waals surface area contributed by atoms with Crippen LogP contribution in [0.4, 0.5) is 0 Å². The first-order chi connectivity index (χ1) is 10.6. The zero-order valence-electron chi connectivity index (χ0n) is 13.0. The van der Waals surface area contributed by atoms with Crippen LogP contribution in [0.1, 0.15) is 37.4 Å². The molecule has 0 aliphatic carbocycles. The van der Waals surface area contributed by atoms with Crippen molar-refractivity contribution in [2.24, 2.45) is 0 Å². The summed E-state index contributed by atoms with van der Waals surface area (Å²) in [7, 11) is 0. The molecule has 0 spiro atoms. The lowest BCUT2D eigenvalue weighted by molar-refractivity contribution is -0.121. The second kappa shape index (κ2) is 11.6. The maximum Gasteiger partial charge on any atom is 0.155 e. The van der Waals surface area contributed by atoms with E-state index < -0.39 is 0 Å². The number of Topliss-reactive ketones (excluding diaryl/α,β-unsaturated/α-hetero) is 1. The van der Waals surface area contributed by atoms with E-state index in [2.05, 4.69) is 57.3 Å². The van der Waals surface area contributed by atoms with Crippen LogP contribution < -0.4 is 3.53 Å². The average molecular weight is 415 g/mol. The third kappa shape index (κ3) is 8.49. The number of carbonyl (C=O) groups excluding carboxylic acids is 1. The molecular formula is C17H22INO3. The summed E-state index contributed by atoms with van der Waals surface area (Å²) in [6.07, 6.45) is 0.769. The molecule has 0 aliphatic heterocycles. The maximum atomic E-state index is 10.6. The summed E-state index contributed by atoms with van der Waals surface area (Å²) in [5.74, 6) is 6.10. The summed E-state index contributed by atoms with van der Waals surface area (Å²) in [6, 6.07) is 8.52. The number of rotatable bonds is 9. The smallest absolute Gasteiger partial charge is 0.155 e. The van der Waals surface area contributed by atoms with Gasteiger partial charge >= 0.3 is 0 Å². The molecule has 0 aromatic heterocycles. The van der Waals surface area contributed by atoms with Crippen LogP contribution in [0, 0.1) is 11.8 Å². The second-order valence-corrected chi connectivity index (χ2v) is 5.54. The highest BCUT2D eigenvalue weighted by molar-refractivity contribution is 14.1. The molecule has 0 heterocycles. The molecule has 1 aromatic carbocycles. The topological polar surface area (TPSA) is 47.6 Å². The van der Waals surface area contributed by atoms with Crippen molar-refractivity contribution < 1.29 is 14.3 Å². The third-order valence-electron chi connectivity index (χ3n) is 2.86. The Bertz CT molecular complexity index is 505. The molecule has 0 fully saturated rings. The van der Waals surface area contributed by atoms with E-state index in [-0.39, 0.29) is 12.4 Å². The summed E-state index contributed by atoms with van der Waals surface area (Å²) < 4.78 is 13.7. The largest absolute Gasteiger partial charge is 0.374 e. The van der Waals surface area contributed by atoms with Crippen LogP contribution in [0.2, 0.25) is 0 Å². The Labute approximate surface area is 146 Å². The molecule has 1 rings (SSSR count). The van der Waals surface area contributed by atoms with Gasteiger partial charge in [0.2, 0.25) is 0 Å². The normalized spacial score (nSPS) is 11.6. The Morgan fingerprint density at radius 1 is 1.27 bits per heavy atom. The van der Waals surface area contributed by atoms with Crippen molar-refractivity contribution in [3.05, 3.63) is 35.4 Å². The minimum Gasteiger partial charge on any atom is -0.374 e. The molecule has 22 heavy (non-hydrogen) atoms. The lowest BCUT2D eigenvalue weighted by atomic mass is 10.1. The number of hydrogen-bond acceptors (Lipinski definition) is 4. The van der Waals surface area contributed by atoms with Crippen molar-refractivity contribution in [2.75, 3.05) is 26.4 Å². The van der Waals surface area contributed by atoms with E-state index in [1.807, 2.05) is 12.1 Å². The second-order valence-electron chi connectivity index (χ2n) is 4.92. The van der Waals surface area contributed by atoms with Gasteiger partial charge in [0.1, 0.15) is 13.2 Å². The van der Waals surface area contributed by atoms with E-state index in [9.17, 15) is 4.79 Å². The van der Waals surface area contributed by atoms with Crippen LogP contribution in [-0.4, -0.2) is 32.2 Å². The maximum absolute atomic E-state index is 10.6. The van der Waals surface area contributed by atoms with Crippen molar-refractivity contribution in [3.63, 3.8) is 0 Å². The summed E-state index contributed by atoms with van der Waals surface area (Å²) in [5.41, 5.74) is 2.22. The van der Waals surface area contributed by atoms with Crippen LogP contribution in [0.15, 0.2) is 24.3 Å². The predicted octanol–water partition coefficient (Wildman–Crippen LogP) is 3.05. The molecular weight excluding hydrogens is 393 g/mol. The fraction of sp³-hybridized carbons (Fsp3) is 0.471. The Morgan fingerprint density at radius 3 is 2.59 bits per heavy atom. The molecule has 1 aromatic rings. The lowest BCUT2D eigenvalue weighted by Gasteiger charge is -2.08. The predicted molar refractivity (Wildman–Crippen MR) is 95.8 cm³/mol. The van der Waals surface area contributed by atoms with Gasteiger partial charge in [-0.2, -0.15) is 0 Å². The fourth-order valence-electron chi connectivity index (χ4n) is 1.66. The molecule has 0 saturated heterocycles. The monoisotopic (exact) mass is 415 g/mol. The quantitative estimate of drug-likeness (QED) is 0.292. The van der Waals surface area contributed by atoms with E-state index in [1.165, 1.54) is 12.5 Å². The molecule has 5 heteroatoms. The molecule has 4 nitrogen and oxygen atoms in total. The Morgan fingerprint density at radius 2 is 1.95 bits per heavy atom. The summed E-state index contributed by atoms with van der Waals surface area (Å²) in [5, 5.41) is 0. The van der Waals surface area contributed by atoms with Crippen LogP contribution >= 0.6 is 22.9 Å². The summed E-state index contributed by atoms with van der Waals surface area (Å²) in [4.78, 5) is 10.6. The molecule has 0 aliphatic rings. The average Bonchev–Trinajstić information content (AvgIpc) is 2.53. The minimum atomic E-state index is 0.0430. The van der Waals surface area contributed by atoms with Gasteiger partial charge in [-0.3, -0.25) is 8.32 Å². The van der Waals surface area contributed by atoms with Crippen molar-refractivity contribution in [1.82, 2.24) is 3.53 Å². The highest BCUT2D eigenvalue weighted by Crippen LogP contribution is 2.13. The van der Waals surface area contributed by atoms with Crippen molar-refractivity contribution in [3.8, 4) is 11.8 Å². The molecule has 0 saturated carbocycles. The standard InChI is InChI=1S/C17H22INO3/c1-14(20)13-22-12-4-11-21-10-3-5-16-6-8-17(9-7-16)15(2)19-18/h6-9,15,19H,4,10-13H2,1-2H3/t15-/m0/s1. The van der Waals surface area contributed by atoms with E-state index in [1.54, 1.807) is 0 Å². The van der Waals surface area contributed by atoms with E-state index in [0.717, 1.165) is 12.0 Å². The number of ether oxygens (including phenoxy) is 2. The zero-order valence-corrected chi connectivity index (χ0v) is 15.2. The first kappa shape index (κ1) is 19.1. The van der Waals surface area contributed by atoms with Crippen molar-refractivity contribution in [2.45, 2.75) is 26.3 Å². The Kier molecular flexibility index (Phi) is 10.1. The molecule has 0 bridgehead atoms. The first-order valence-electron chi connectivity index (χ1n) is 7.23. The highest BCUT2D eigenvalue weighted by Gasteiger charge is 2.01. The van der Waals surface area contributed by atoms with Crippen molar-refractivity contribution in [1.29, 1.82) is 0 Å². The van der Waals surface area contributed by atoms with Gasteiger partial charge in [-0.1, -0.05) is 24.0 Å². The van der Waals surface area contributed by atoms with Gasteiger partial charge in [0.05, 0.1) is 6.61 Å². The number of benzene rings is 1. The third-order valence-corrected chi connectivity index (χ3v) is 3.80. The molecule has 1 N–H and O–H groups in total. The van der Waals surface area contributed by atoms with Gasteiger partial charge < -0.3 is 9.47 Å². The molecule has 1 atom stereocenters. The number of hydrogen-bond donors (Lipinski definition) is 1. The highest BCUT2D eigenvalue weighted by atomic mass is 127. The number of halogens is 1. The molecule has 0 unspecified atom stereocenters. The lowest BCUT2D eigenvalue weighted by Crippen LogP contribution is -2.07. The van der Waals surface area contributed by atoms with Crippen LogP contribution in [-0.2, 0) is 14.3 Å². The minimum absolute atomic E-state index is 0.0430. The molecule has 0 radical (unpaired) electrons.